The van der Waals surface area contributed by atoms with E-state index in [0.29, 0.717) is 17.7 Å². The predicted octanol–water partition coefficient (Wildman–Crippen LogP) is 1.89. The van der Waals surface area contributed by atoms with Gasteiger partial charge in [-0.3, -0.25) is 9.59 Å². The first-order valence-electron chi connectivity index (χ1n) is 5.65. The highest BCUT2D eigenvalue weighted by Crippen LogP contribution is 2.10. The van der Waals surface area contributed by atoms with Crippen LogP contribution in [0, 0.1) is 0 Å². The number of Topliss-reactive ketones (excluding diaryl/α,β-unsaturated/α-hetero) is 1. The molecular formula is C13H18N2O2. The SMILES string of the molecule is CCCC(=O)c1ccc(=O)[nH]c1/C=C/N(C)C. The molecule has 0 saturated heterocycles. The van der Waals surface area contributed by atoms with Gasteiger partial charge in [-0.05, 0) is 18.6 Å². The van der Waals surface area contributed by atoms with Gasteiger partial charge in [-0.15, -0.1) is 0 Å². The molecule has 0 aromatic carbocycles. The fraction of sp³-hybridized carbons (Fsp3) is 0.385. The van der Waals surface area contributed by atoms with Crippen molar-refractivity contribution in [3.8, 4) is 0 Å². The molecule has 4 nitrogen and oxygen atoms in total. The molecule has 1 aromatic rings. The second kappa shape index (κ2) is 6.03. The van der Waals surface area contributed by atoms with Crippen molar-refractivity contribution in [3.05, 3.63) is 39.9 Å². The summed E-state index contributed by atoms with van der Waals surface area (Å²) in [6, 6.07) is 2.97. The van der Waals surface area contributed by atoms with Crippen molar-refractivity contribution in [2.24, 2.45) is 0 Å². The van der Waals surface area contributed by atoms with Crippen LogP contribution in [-0.2, 0) is 0 Å². The summed E-state index contributed by atoms with van der Waals surface area (Å²) in [5.41, 5.74) is 0.950. The zero-order chi connectivity index (χ0) is 12.8. The van der Waals surface area contributed by atoms with Gasteiger partial charge < -0.3 is 9.88 Å². The van der Waals surface area contributed by atoms with E-state index < -0.39 is 0 Å². The minimum absolute atomic E-state index is 0.0576. The van der Waals surface area contributed by atoms with Crippen LogP contribution >= 0.6 is 0 Å². The van der Waals surface area contributed by atoms with Gasteiger partial charge in [-0.25, -0.2) is 0 Å². The van der Waals surface area contributed by atoms with Crippen molar-refractivity contribution in [3.63, 3.8) is 0 Å². The molecule has 0 atom stereocenters. The van der Waals surface area contributed by atoms with Crippen LogP contribution in [0.25, 0.3) is 6.08 Å². The minimum atomic E-state index is -0.198. The fourth-order valence-corrected chi connectivity index (χ4v) is 1.45. The Morgan fingerprint density at radius 2 is 2.12 bits per heavy atom. The second-order valence-electron chi connectivity index (χ2n) is 4.10. The van der Waals surface area contributed by atoms with E-state index in [0.717, 1.165) is 6.42 Å². The van der Waals surface area contributed by atoms with Gasteiger partial charge in [0.15, 0.2) is 5.78 Å². The standard InChI is InChI=1S/C13H18N2O2/c1-4-5-12(16)10-6-7-13(17)14-11(10)8-9-15(2)3/h6-9H,4-5H2,1-3H3,(H,14,17)/b9-8+. The number of aromatic nitrogens is 1. The number of carbonyl (C=O) groups excluding carboxylic acids is 1. The van der Waals surface area contributed by atoms with Crippen molar-refractivity contribution in [2.45, 2.75) is 19.8 Å². The van der Waals surface area contributed by atoms with Gasteiger partial charge in [-0.1, -0.05) is 6.92 Å². The maximum Gasteiger partial charge on any atom is 0.248 e. The first kappa shape index (κ1) is 13.2. The smallest absolute Gasteiger partial charge is 0.248 e. The summed E-state index contributed by atoms with van der Waals surface area (Å²) in [6.07, 6.45) is 4.84. The number of rotatable bonds is 5. The van der Waals surface area contributed by atoms with E-state index in [2.05, 4.69) is 4.98 Å². The summed E-state index contributed by atoms with van der Waals surface area (Å²) in [5.74, 6) is 0.0576. The van der Waals surface area contributed by atoms with Crippen LogP contribution in [-0.4, -0.2) is 29.8 Å². The van der Waals surface area contributed by atoms with Crippen LogP contribution in [0.15, 0.2) is 23.1 Å². The first-order valence-corrected chi connectivity index (χ1v) is 5.65. The maximum atomic E-state index is 11.9. The van der Waals surface area contributed by atoms with Gasteiger partial charge in [-0.2, -0.15) is 0 Å². The Morgan fingerprint density at radius 1 is 1.41 bits per heavy atom. The Bertz CT molecular complexity index is 473. The van der Waals surface area contributed by atoms with Crippen molar-refractivity contribution >= 4 is 11.9 Å². The van der Waals surface area contributed by atoms with Crippen LogP contribution in [0.1, 0.15) is 35.8 Å². The third-order valence-electron chi connectivity index (χ3n) is 2.27. The fourth-order valence-electron chi connectivity index (χ4n) is 1.45. The Morgan fingerprint density at radius 3 is 2.71 bits per heavy atom. The Labute approximate surface area is 101 Å². The minimum Gasteiger partial charge on any atom is -0.383 e. The summed E-state index contributed by atoms with van der Waals surface area (Å²) in [6.45, 7) is 1.96. The van der Waals surface area contributed by atoms with Gasteiger partial charge in [0, 0.05) is 38.3 Å². The summed E-state index contributed by atoms with van der Waals surface area (Å²) in [7, 11) is 3.76. The third kappa shape index (κ3) is 3.90. The summed E-state index contributed by atoms with van der Waals surface area (Å²) >= 11 is 0. The molecule has 0 bridgehead atoms. The Hall–Kier alpha value is -1.84. The predicted molar refractivity (Wildman–Crippen MR) is 69.0 cm³/mol. The molecule has 0 aliphatic rings. The highest BCUT2D eigenvalue weighted by molar-refractivity contribution is 5.98. The third-order valence-corrected chi connectivity index (χ3v) is 2.27. The highest BCUT2D eigenvalue weighted by atomic mass is 16.1. The number of aromatic amines is 1. The zero-order valence-corrected chi connectivity index (χ0v) is 10.5. The van der Waals surface area contributed by atoms with Gasteiger partial charge in [0.25, 0.3) is 0 Å². The summed E-state index contributed by atoms with van der Waals surface area (Å²) in [4.78, 5) is 27.6. The number of hydrogen-bond acceptors (Lipinski definition) is 3. The second-order valence-corrected chi connectivity index (χ2v) is 4.10. The lowest BCUT2D eigenvalue weighted by molar-refractivity contribution is 0.0981. The molecule has 92 valence electrons. The lowest BCUT2D eigenvalue weighted by Gasteiger charge is -2.06. The van der Waals surface area contributed by atoms with Crippen LogP contribution in [0.2, 0.25) is 0 Å². The highest BCUT2D eigenvalue weighted by Gasteiger charge is 2.09. The lowest BCUT2D eigenvalue weighted by atomic mass is 10.1. The van der Waals surface area contributed by atoms with E-state index in [9.17, 15) is 9.59 Å². The number of nitrogens with zero attached hydrogens (tertiary/aromatic N) is 1. The van der Waals surface area contributed by atoms with E-state index in [4.69, 9.17) is 0 Å². The summed E-state index contributed by atoms with van der Waals surface area (Å²) in [5, 5.41) is 0. The Kier molecular flexibility index (Phi) is 4.69. The molecule has 1 heterocycles. The first-order chi connectivity index (χ1) is 8.04. The molecule has 0 aliphatic carbocycles. The number of carbonyl (C=O) groups is 1. The van der Waals surface area contributed by atoms with E-state index in [-0.39, 0.29) is 11.3 Å². The number of H-pyrrole nitrogens is 1. The van der Waals surface area contributed by atoms with Crippen LogP contribution in [0.5, 0.6) is 0 Å². The normalized spacial score (nSPS) is 10.8. The van der Waals surface area contributed by atoms with Crippen LogP contribution in [0.3, 0.4) is 0 Å². The topological polar surface area (TPSA) is 53.2 Å². The molecule has 0 fully saturated rings. The number of nitrogens with one attached hydrogen (secondary N) is 1. The summed E-state index contributed by atoms with van der Waals surface area (Å²) < 4.78 is 0. The van der Waals surface area contributed by atoms with E-state index in [1.165, 1.54) is 6.07 Å². The quantitative estimate of drug-likeness (QED) is 0.791. The molecule has 0 saturated carbocycles. The Balaban J connectivity index is 3.12. The van der Waals surface area contributed by atoms with Gasteiger partial charge in [0.05, 0.1) is 5.69 Å². The van der Waals surface area contributed by atoms with Gasteiger partial charge in [0.1, 0.15) is 0 Å². The van der Waals surface area contributed by atoms with Crippen molar-refractivity contribution in [1.29, 1.82) is 0 Å². The van der Waals surface area contributed by atoms with Crippen LogP contribution < -0.4 is 5.56 Å². The molecule has 1 rings (SSSR count). The molecule has 4 heteroatoms. The van der Waals surface area contributed by atoms with Crippen LogP contribution in [0.4, 0.5) is 0 Å². The molecular weight excluding hydrogens is 216 g/mol. The number of hydrogen-bond donors (Lipinski definition) is 1. The van der Waals surface area contributed by atoms with E-state index in [1.54, 1.807) is 18.3 Å². The van der Waals surface area contributed by atoms with E-state index >= 15 is 0 Å². The molecule has 0 aliphatic heterocycles. The molecule has 1 aromatic heterocycles. The van der Waals surface area contributed by atoms with Crippen molar-refractivity contribution < 1.29 is 4.79 Å². The van der Waals surface area contributed by atoms with Gasteiger partial charge in [0.2, 0.25) is 5.56 Å². The molecule has 0 unspecified atom stereocenters. The zero-order valence-electron chi connectivity index (χ0n) is 10.5. The average Bonchev–Trinajstić information content (AvgIpc) is 2.26. The molecule has 0 spiro atoms. The largest absolute Gasteiger partial charge is 0.383 e. The molecule has 0 radical (unpaired) electrons. The monoisotopic (exact) mass is 234 g/mol. The molecule has 17 heavy (non-hydrogen) atoms. The maximum absolute atomic E-state index is 11.9. The van der Waals surface area contributed by atoms with E-state index in [1.807, 2.05) is 25.9 Å². The lowest BCUT2D eigenvalue weighted by Crippen LogP contribution is -2.12. The number of ketones is 1. The molecule has 1 N–H and O–H groups in total. The number of pyridine rings is 1. The van der Waals surface area contributed by atoms with Crippen molar-refractivity contribution in [2.75, 3.05) is 14.1 Å². The van der Waals surface area contributed by atoms with Gasteiger partial charge >= 0.3 is 0 Å². The average molecular weight is 234 g/mol. The van der Waals surface area contributed by atoms with Crippen molar-refractivity contribution in [1.82, 2.24) is 9.88 Å². The molecule has 0 amide bonds.